The molecule has 0 spiro atoms. The average molecular weight is 357 g/mol. The lowest BCUT2D eigenvalue weighted by Gasteiger charge is -2.31. The van der Waals surface area contributed by atoms with Crippen molar-refractivity contribution in [2.75, 3.05) is 6.61 Å². The van der Waals surface area contributed by atoms with Crippen molar-refractivity contribution in [1.82, 2.24) is 0 Å². The highest BCUT2D eigenvalue weighted by molar-refractivity contribution is 5.83. The van der Waals surface area contributed by atoms with E-state index < -0.39 is 22.7 Å². The normalized spacial score (nSPS) is 13.0. The molecule has 4 nitrogen and oxygen atoms in total. The zero-order chi connectivity index (χ0) is 19.6. The molecule has 0 aliphatic rings. The molecular formula is C22H31NO3. The number of rotatable bonds is 7. The lowest BCUT2D eigenvalue weighted by atomic mass is 9.95. The highest BCUT2D eigenvalue weighted by Crippen LogP contribution is 2.29. The van der Waals surface area contributed by atoms with Crippen LogP contribution in [0.1, 0.15) is 53.5 Å². The molecule has 0 saturated carbocycles. The molecule has 0 heterocycles. The summed E-state index contributed by atoms with van der Waals surface area (Å²) in [5.74, 6) is -0.406. The van der Waals surface area contributed by atoms with E-state index >= 15 is 0 Å². The fourth-order valence-corrected chi connectivity index (χ4v) is 2.63. The standard InChI is InChI=1S/C22H31NO3/c1-20(2,26-19(24)21(3,4)23)13-14-25-22(5,6)18-12-11-16-9-7-8-10-17(16)15-18/h7-12,15H,13-14,23H2,1-6H3. The van der Waals surface area contributed by atoms with E-state index in [0.717, 1.165) is 5.56 Å². The van der Waals surface area contributed by atoms with Gasteiger partial charge in [0.25, 0.3) is 0 Å². The maximum atomic E-state index is 12.0. The van der Waals surface area contributed by atoms with Gasteiger partial charge >= 0.3 is 5.97 Å². The summed E-state index contributed by atoms with van der Waals surface area (Å²) in [7, 11) is 0. The van der Waals surface area contributed by atoms with Gasteiger partial charge in [0.2, 0.25) is 0 Å². The number of esters is 1. The second-order valence-corrected chi connectivity index (χ2v) is 8.54. The van der Waals surface area contributed by atoms with Crippen molar-refractivity contribution in [2.24, 2.45) is 5.73 Å². The van der Waals surface area contributed by atoms with Crippen LogP contribution >= 0.6 is 0 Å². The van der Waals surface area contributed by atoms with E-state index in [2.05, 4.69) is 44.2 Å². The van der Waals surface area contributed by atoms with Crippen LogP contribution in [0.25, 0.3) is 10.8 Å². The Bertz CT molecular complexity index is 772. The summed E-state index contributed by atoms with van der Waals surface area (Å²) in [5.41, 5.74) is 4.86. The number of hydrogen-bond acceptors (Lipinski definition) is 4. The molecule has 0 unspecified atom stereocenters. The first-order valence-electron chi connectivity index (χ1n) is 9.06. The summed E-state index contributed by atoms with van der Waals surface area (Å²) in [4.78, 5) is 12.0. The Labute approximate surface area is 156 Å². The van der Waals surface area contributed by atoms with Crippen LogP contribution in [-0.2, 0) is 19.9 Å². The Balaban J connectivity index is 1.99. The van der Waals surface area contributed by atoms with Gasteiger partial charge in [0, 0.05) is 6.42 Å². The number of benzene rings is 2. The Morgan fingerprint density at radius 2 is 1.58 bits per heavy atom. The Morgan fingerprint density at radius 1 is 0.962 bits per heavy atom. The fraction of sp³-hybridized carbons (Fsp3) is 0.500. The van der Waals surface area contributed by atoms with Crippen LogP contribution in [0.4, 0.5) is 0 Å². The van der Waals surface area contributed by atoms with Gasteiger partial charge in [0.05, 0.1) is 12.2 Å². The fourth-order valence-electron chi connectivity index (χ4n) is 2.63. The van der Waals surface area contributed by atoms with E-state index in [1.807, 2.05) is 26.0 Å². The summed E-state index contributed by atoms with van der Waals surface area (Å²) in [6.07, 6.45) is 0.589. The van der Waals surface area contributed by atoms with Gasteiger partial charge in [-0.05, 0) is 63.9 Å². The molecule has 0 aromatic heterocycles. The van der Waals surface area contributed by atoms with Gasteiger partial charge in [-0.3, -0.25) is 4.79 Å². The topological polar surface area (TPSA) is 61.5 Å². The second kappa shape index (κ2) is 7.37. The number of ether oxygens (including phenoxy) is 2. The Kier molecular flexibility index (Phi) is 5.79. The monoisotopic (exact) mass is 357 g/mol. The first-order chi connectivity index (χ1) is 11.9. The largest absolute Gasteiger partial charge is 0.458 e. The molecule has 2 N–H and O–H groups in total. The lowest BCUT2D eigenvalue weighted by molar-refractivity contribution is -0.164. The van der Waals surface area contributed by atoms with Gasteiger partial charge in [-0.2, -0.15) is 0 Å². The molecule has 0 amide bonds. The first kappa shape index (κ1) is 20.4. The number of carbonyl (C=O) groups is 1. The van der Waals surface area contributed by atoms with E-state index in [4.69, 9.17) is 15.2 Å². The van der Waals surface area contributed by atoms with Crippen LogP contribution < -0.4 is 5.73 Å². The van der Waals surface area contributed by atoms with Crippen molar-refractivity contribution in [3.05, 3.63) is 48.0 Å². The molecule has 0 saturated heterocycles. The smallest absolute Gasteiger partial charge is 0.326 e. The minimum absolute atomic E-state index is 0.406. The number of nitrogens with two attached hydrogens (primary N) is 1. The van der Waals surface area contributed by atoms with Crippen molar-refractivity contribution in [2.45, 2.75) is 64.7 Å². The maximum Gasteiger partial charge on any atom is 0.326 e. The molecule has 26 heavy (non-hydrogen) atoms. The lowest BCUT2D eigenvalue weighted by Crippen LogP contribution is -2.46. The molecule has 142 valence electrons. The van der Waals surface area contributed by atoms with Gasteiger partial charge in [-0.15, -0.1) is 0 Å². The quantitative estimate of drug-likeness (QED) is 0.739. The minimum Gasteiger partial charge on any atom is -0.458 e. The van der Waals surface area contributed by atoms with E-state index in [9.17, 15) is 4.79 Å². The third-order valence-electron chi connectivity index (χ3n) is 4.51. The Morgan fingerprint density at radius 3 is 2.19 bits per heavy atom. The molecule has 0 fully saturated rings. The number of carbonyl (C=O) groups excluding carboxylic acids is 1. The second-order valence-electron chi connectivity index (χ2n) is 8.54. The highest BCUT2D eigenvalue weighted by Gasteiger charge is 2.31. The molecule has 0 atom stereocenters. The third kappa shape index (κ3) is 5.29. The van der Waals surface area contributed by atoms with Gasteiger partial charge in [-0.1, -0.05) is 36.4 Å². The van der Waals surface area contributed by atoms with Gasteiger partial charge in [-0.25, -0.2) is 0 Å². The van der Waals surface area contributed by atoms with Crippen LogP contribution in [0, 0.1) is 0 Å². The van der Waals surface area contributed by atoms with E-state index in [1.54, 1.807) is 13.8 Å². The van der Waals surface area contributed by atoms with Crippen LogP contribution in [-0.4, -0.2) is 23.7 Å². The molecule has 2 rings (SSSR count). The molecule has 0 aliphatic carbocycles. The van der Waals surface area contributed by atoms with Crippen LogP contribution in [0.3, 0.4) is 0 Å². The molecule has 2 aromatic rings. The van der Waals surface area contributed by atoms with Crippen molar-refractivity contribution >= 4 is 16.7 Å². The minimum atomic E-state index is -0.998. The van der Waals surface area contributed by atoms with Crippen LogP contribution in [0.15, 0.2) is 42.5 Å². The molecule has 0 bridgehead atoms. The van der Waals surface area contributed by atoms with Gasteiger partial charge in [0.15, 0.2) is 0 Å². The molecule has 0 radical (unpaired) electrons. The Hall–Kier alpha value is -1.91. The molecular weight excluding hydrogens is 326 g/mol. The summed E-state index contributed by atoms with van der Waals surface area (Å²) in [6, 6.07) is 14.7. The summed E-state index contributed by atoms with van der Waals surface area (Å²) >= 11 is 0. The predicted molar refractivity (Wildman–Crippen MR) is 106 cm³/mol. The van der Waals surface area contributed by atoms with Gasteiger partial charge in [0.1, 0.15) is 11.1 Å². The maximum absolute atomic E-state index is 12.0. The molecule has 0 aliphatic heterocycles. The van der Waals surface area contributed by atoms with Crippen molar-refractivity contribution in [3.8, 4) is 0 Å². The highest BCUT2D eigenvalue weighted by atomic mass is 16.6. The van der Waals surface area contributed by atoms with Crippen molar-refractivity contribution < 1.29 is 14.3 Å². The van der Waals surface area contributed by atoms with E-state index in [1.165, 1.54) is 10.8 Å². The first-order valence-corrected chi connectivity index (χ1v) is 9.06. The average Bonchev–Trinajstić information content (AvgIpc) is 2.52. The van der Waals surface area contributed by atoms with E-state index in [-0.39, 0.29) is 0 Å². The molecule has 4 heteroatoms. The summed E-state index contributed by atoms with van der Waals surface area (Å²) in [6.45, 7) is 11.6. The predicted octanol–water partition coefficient (Wildman–Crippen LogP) is 4.54. The van der Waals surface area contributed by atoms with Crippen LogP contribution in [0.2, 0.25) is 0 Å². The van der Waals surface area contributed by atoms with Crippen molar-refractivity contribution in [3.63, 3.8) is 0 Å². The number of fused-ring (bicyclic) bond motifs is 1. The summed E-state index contributed by atoms with van der Waals surface area (Å²) < 4.78 is 11.7. The number of hydrogen-bond donors (Lipinski definition) is 1. The van der Waals surface area contributed by atoms with Gasteiger partial charge < -0.3 is 15.2 Å². The SMILES string of the molecule is CC(C)(CCOC(C)(C)c1ccc2ccccc2c1)OC(=O)C(C)(C)N. The van der Waals surface area contributed by atoms with Crippen LogP contribution in [0.5, 0.6) is 0 Å². The molecule has 2 aromatic carbocycles. The van der Waals surface area contributed by atoms with E-state index in [0.29, 0.717) is 13.0 Å². The zero-order valence-electron chi connectivity index (χ0n) is 16.8. The third-order valence-corrected chi connectivity index (χ3v) is 4.51. The zero-order valence-corrected chi connectivity index (χ0v) is 16.8. The summed E-state index contributed by atoms with van der Waals surface area (Å²) in [5, 5.41) is 2.41. The van der Waals surface area contributed by atoms with Crippen molar-refractivity contribution in [1.29, 1.82) is 0 Å².